The van der Waals surface area contributed by atoms with Crippen LogP contribution in [0.5, 0.6) is 5.75 Å². The number of hydrogen-bond acceptors (Lipinski definition) is 6. The highest BCUT2D eigenvalue weighted by Crippen LogP contribution is 2.31. The number of piperidine rings is 1. The molecule has 0 bridgehead atoms. The summed E-state index contributed by atoms with van der Waals surface area (Å²) in [6.45, 7) is 3.33. The summed E-state index contributed by atoms with van der Waals surface area (Å²) in [5.41, 5.74) is 2.05. The summed E-state index contributed by atoms with van der Waals surface area (Å²) in [4.78, 5) is 11.2. The predicted octanol–water partition coefficient (Wildman–Crippen LogP) is 3.01. The minimum absolute atomic E-state index is 0.195. The Morgan fingerprint density at radius 2 is 1.97 bits per heavy atom. The van der Waals surface area contributed by atoms with E-state index in [-0.39, 0.29) is 6.10 Å². The molecule has 1 aromatic carbocycles. The van der Waals surface area contributed by atoms with E-state index in [1.165, 1.54) is 5.52 Å². The van der Waals surface area contributed by atoms with E-state index in [4.69, 9.17) is 9.47 Å². The fourth-order valence-electron chi connectivity index (χ4n) is 4.25. The molecule has 8 nitrogen and oxygen atoms in total. The molecule has 1 aliphatic heterocycles. The number of aryl methyl sites for hydroxylation is 1. The monoisotopic (exact) mass is 406 g/mol. The summed E-state index contributed by atoms with van der Waals surface area (Å²) in [5, 5.41) is 6.48. The molecule has 8 heteroatoms. The molecule has 0 unspecified atom stereocenters. The Hall–Kier alpha value is -3.13. The molecular weight excluding hydrogens is 380 g/mol. The molecule has 4 heterocycles. The van der Waals surface area contributed by atoms with Crippen LogP contribution in [0.25, 0.3) is 21.9 Å². The predicted molar refractivity (Wildman–Crippen MR) is 116 cm³/mol. The quantitative estimate of drug-likeness (QED) is 0.490. The molecule has 1 aliphatic rings. The maximum Gasteiger partial charge on any atom is 0.163 e. The van der Waals surface area contributed by atoms with E-state index >= 15 is 0 Å². The first-order valence-electron chi connectivity index (χ1n) is 10.4. The molecule has 3 aromatic heterocycles. The molecule has 0 spiro atoms. The fourth-order valence-corrected chi connectivity index (χ4v) is 4.25. The van der Waals surface area contributed by atoms with Crippen molar-refractivity contribution in [3.8, 4) is 5.75 Å². The molecule has 156 valence electrons. The summed E-state index contributed by atoms with van der Waals surface area (Å²) in [6, 6.07) is 8.40. The van der Waals surface area contributed by atoms with Crippen LogP contribution in [0, 0.1) is 0 Å². The van der Waals surface area contributed by atoms with Gasteiger partial charge in [0, 0.05) is 58.2 Å². The third kappa shape index (κ3) is 3.37. The highest BCUT2D eigenvalue weighted by molar-refractivity contribution is 5.87. The van der Waals surface area contributed by atoms with Gasteiger partial charge in [-0.25, -0.2) is 9.97 Å². The summed E-state index contributed by atoms with van der Waals surface area (Å²) in [6.07, 6.45) is 7.67. The Morgan fingerprint density at radius 1 is 1.10 bits per heavy atom. The second kappa shape index (κ2) is 7.95. The van der Waals surface area contributed by atoms with Crippen molar-refractivity contribution in [2.75, 3.05) is 31.7 Å². The first kappa shape index (κ1) is 18.9. The lowest BCUT2D eigenvalue weighted by molar-refractivity contribution is 0.173. The Labute approximate surface area is 175 Å². The molecule has 4 aromatic rings. The van der Waals surface area contributed by atoms with E-state index < -0.39 is 0 Å². The number of benzene rings is 1. The van der Waals surface area contributed by atoms with Gasteiger partial charge in [0.15, 0.2) is 5.65 Å². The minimum Gasteiger partial charge on any atom is -0.490 e. The van der Waals surface area contributed by atoms with E-state index in [1.807, 2.05) is 13.2 Å². The van der Waals surface area contributed by atoms with Crippen LogP contribution in [0.1, 0.15) is 12.8 Å². The molecule has 30 heavy (non-hydrogen) atoms. The smallest absolute Gasteiger partial charge is 0.163 e. The Bertz CT molecular complexity index is 1160. The molecule has 0 amide bonds. The number of rotatable bonds is 6. The number of anilines is 1. The van der Waals surface area contributed by atoms with Gasteiger partial charge in [0.1, 0.15) is 24.0 Å². The van der Waals surface area contributed by atoms with Gasteiger partial charge in [0.05, 0.1) is 23.7 Å². The first-order chi connectivity index (χ1) is 14.7. The van der Waals surface area contributed by atoms with E-state index in [1.54, 1.807) is 18.1 Å². The highest BCUT2D eigenvalue weighted by atomic mass is 16.5. The van der Waals surface area contributed by atoms with Crippen molar-refractivity contribution < 1.29 is 9.47 Å². The molecule has 0 atom stereocenters. The maximum atomic E-state index is 6.44. The molecule has 0 saturated carbocycles. The van der Waals surface area contributed by atoms with Gasteiger partial charge in [-0.15, -0.1) is 0 Å². The van der Waals surface area contributed by atoms with Crippen molar-refractivity contribution >= 4 is 27.8 Å². The van der Waals surface area contributed by atoms with E-state index in [9.17, 15) is 0 Å². The van der Waals surface area contributed by atoms with Crippen molar-refractivity contribution in [3.63, 3.8) is 0 Å². The summed E-state index contributed by atoms with van der Waals surface area (Å²) in [5.74, 6) is 1.92. The van der Waals surface area contributed by atoms with Gasteiger partial charge in [0.25, 0.3) is 0 Å². The van der Waals surface area contributed by atoms with Crippen molar-refractivity contribution in [3.05, 3.63) is 43.0 Å². The molecule has 0 aliphatic carbocycles. The van der Waals surface area contributed by atoms with Gasteiger partial charge in [-0.05, 0) is 18.2 Å². The standard InChI is InChI=1S/C22H26N6O2/c1-26-21-18(14-25-26)22(24-15-23-21)28-9-6-16(7-10-28)30-20-5-3-4-19-17(20)8-11-27(19)12-13-29-2/h3-5,8,11,14-16H,6-7,9-10,12-13H2,1-2H3. The number of hydrogen-bond donors (Lipinski definition) is 0. The van der Waals surface area contributed by atoms with Crippen molar-refractivity contribution in [2.24, 2.45) is 7.05 Å². The van der Waals surface area contributed by atoms with Crippen LogP contribution in [0.4, 0.5) is 5.82 Å². The summed E-state index contributed by atoms with van der Waals surface area (Å²) < 4.78 is 15.7. The molecule has 1 saturated heterocycles. The van der Waals surface area contributed by atoms with E-state index in [0.717, 1.165) is 60.5 Å². The van der Waals surface area contributed by atoms with Crippen LogP contribution >= 0.6 is 0 Å². The summed E-state index contributed by atoms with van der Waals surface area (Å²) >= 11 is 0. The van der Waals surface area contributed by atoms with Crippen LogP contribution in [0.15, 0.2) is 43.0 Å². The van der Waals surface area contributed by atoms with Gasteiger partial charge in [-0.1, -0.05) is 6.07 Å². The lowest BCUT2D eigenvalue weighted by Gasteiger charge is -2.33. The maximum absolute atomic E-state index is 6.44. The van der Waals surface area contributed by atoms with Crippen molar-refractivity contribution in [1.82, 2.24) is 24.3 Å². The zero-order valence-corrected chi connectivity index (χ0v) is 17.4. The Morgan fingerprint density at radius 3 is 2.80 bits per heavy atom. The minimum atomic E-state index is 0.195. The Kier molecular flexibility index (Phi) is 5.00. The van der Waals surface area contributed by atoms with Crippen molar-refractivity contribution in [2.45, 2.75) is 25.5 Å². The lowest BCUT2D eigenvalue weighted by Crippen LogP contribution is -2.38. The van der Waals surface area contributed by atoms with Crippen LogP contribution in [-0.4, -0.2) is 57.2 Å². The van der Waals surface area contributed by atoms with E-state index in [0.29, 0.717) is 6.61 Å². The van der Waals surface area contributed by atoms with Crippen molar-refractivity contribution in [1.29, 1.82) is 0 Å². The second-order valence-corrected chi connectivity index (χ2v) is 7.70. The van der Waals surface area contributed by atoms with Gasteiger partial charge >= 0.3 is 0 Å². The van der Waals surface area contributed by atoms with Gasteiger partial charge in [-0.3, -0.25) is 4.68 Å². The largest absolute Gasteiger partial charge is 0.490 e. The van der Waals surface area contributed by atoms with Gasteiger partial charge in [-0.2, -0.15) is 5.10 Å². The third-order valence-electron chi connectivity index (χ3n) is 5.85. The number of ether oxygens (including phenoxy) is 2. The molecule has 5 rings (SSSR count). The fraction of sp³-hybridized carbons (Fsp3) is 0.409. The van der Waals surface area contributed by atoms with Crippen LogP contribution in [-0.2, 0) is 18.3 Å². The highest BCUT2D eigenvalue weighted by Gasteiger charge is 2.24. The van der Waals surface area contributed by atoms with E-state index in [2.05, 4.69) is 55.0 Å². The lowest BCUT2D eigenvalue weighted by atomic mass is 10.1. The second-order valence-electron chi connectivity index (χ2n) is 7.70. The van der Waals surface area contributed by atoms with Gasteiger partial charge < -0.3 is 18.9 Å². The Balaban J connectivity index is 1.29. The van der Waals surface area contributed by atoms with Crippen LogP contribution in [0.2, 0.25) is 0 Å². The van der Waals surface area contributed by atoms with Gasteiger partial charge in [0.2, 0.25) is 0 Å². The average Bonchev–Trinajstić information content (AvgIpc) is 3.37. The third-order valence-corrected chi connectivity index (χ3v) is 5.85. The number of methoxy groups -OCH3 is 1. The number of aromatic nitrogens is 5. The summed E-state index contributed by atoms with van der Waals surface area (Å²) in [7, 11) is 3.63. The van der Waals surface area contributed by atoms with Crippen LogP contribution in [0.3, 0.4) is 0 Å². The average molecular weight is 406 g/mol. The number of nitrogens with zero attached hydrogens (tertiary/aromatic N) is 6. The SMILES string of the molecule is COCCn1ccc2c(OC3CCN(c4ncnc5c4cnn5C)CC3)cccc21. The topological polar surface area (TPSA) is 70.2 Å². The zero-order valence-electron chi connectivity index (χ0n) is 17.4. The zero-order chi connectivity index (χ0) is 20.5. The molecule has 1 fully saturated rings. The van der Waals surface area contributed by atoms with Crippen LogP contribution < -0.4 is 9.64 Å². The number of fused-ring (bicyclic) bond motifs is 2. The molecular formula is C22H26N6O2. The molecule has 0 N–H and O–H groups in total. The first-order valence-corrected chi connectivity index (χ1v) is 10.4. The molecule has 0 radical (unpaired) electrons. The normalized spacial score (nSPS) is 15.3.